The second kappa shape index (κ2) is 7.64. The van der Waals surface area contributed by atoms with Crippen molar-refractivity contribution in [1.29, 1.82) is 0 Å². The highest BCUT2D eigenvalue weighted by Gasteiger charge is 2.31. The summed E-state index contributed by atoms with van der Waals surface area (Å²) in [5.74, 6) is 2.89. The lowest BCUT2D eigenvalue weighted by Crippen LogP contribution is -2.45. The van der Waals surface area contributed by atoms with Crippen LogP contribution in [0.2, 0.25) is 0 Å². The fourth-order valence-corrected chi connectivity index (χ4v) is 3.75. The Bertz CT molecular complexity index is 250. The maximum absolute atomic E-state index is 3.81. The first kappa shape index (κ1) is 15.3. The van der Waals surface area contributed by atoms with E-state index >= 15 is 0 Å². The van der Waals surface area contributed by atoms with Crippen molar-refractivity contribution in [2.24, 2.45) is 17.8 Å². The number of hydrogen-bond acceptors (Lipinski definition) is 2. The number of rotatable bonds is 8. The molecule has 0 amide bonds. The molecule has 1 N–H and O–H groups in total. The van der Waals surface area contributed by atoms with Crippen LogP contribution in [0.5, 0.6) is 0 Å². The Labute approximate surface area is 120 Å². The molecule has 2 aliphatic rings. The van der Waals surface area contributed by atoms with Crippen molar-refractivity contribution in [2.45, 2.75) is 64.8 Å². The van der Waals surface area contributed by atoms with Crippen LogP contribution in [0, 0.1) is 17.8 Å². The van der Waals surface area contributed by atoms with Crippen LogP contribution in [0.15, 0.2) is 0 Å². The normalized spacial score (nSPS) is 31.9. The zero-order chi connectivity index (χ0) is 13.7. The van der Waals surface area contributed by atoms with Gasteiger partial charge in [0, 0.05) is 19.1 Å². The molecule has 3 unspecified atom stereocenters. The van der Waals surface area contributed by atoms with E-state index in [0.717, 1.165) is 23.8 Å². The molecule has 0 aromatic heterocycles. The Hall–Kier alpha value is -0.0800. The van der Waals surface area contributed by atoms with E-state index in [9.17, 15) is 0 Å². The minimum atomic E-state index is 0.782. The molecule has 0 aromatic carbocycles. The van der Waals surface area contributed by atoms with E-state index in [1.54, 1.807) is 0 Å². The van der Waals surface area contributed by atoms with Gasteiger partial charge in [0.15, 0.2) is 0 Å². The predicted octanol–water partition coefficient (Wildman–Crippen LogP) is 3.52. The van der Waals surface area contributed by atoms with Crippen LogP contribution in [-0.4, -0.2) is 37.6 Å². The topological polar surface area (TPSA) is 15.3 Å². The van der Waals surface area contributed by atoms with E-state index < -0.39 is 0 Å². The molecular weight excluding hydrogens is 232 g/mol. The standard InChI is InChI=1S/C17H34N2/c1-4-10-18-17-9-8-14(5-2)11-16(17)13-19(3)12-15-6-7-15/h14-18H,4-13H2,1-3H3. The fourth-order valence-electron chi connectivity index (χ4n) is 3.75. The Morgan fingerprint density at radius 2 is 1.74 bits per heavy atom. The molecular formula is C17H34N2. The van der Waals surface area contributed by atoms with E-state index in [-0.39, 0.29) is 0 Å². The minimum absolute atomic E-state index is 0.782. The average molecular weight is 266 g/mol. The second-order valence-electron chi connectivity index (χ2n) is 7.07. The summed E-state index contributed by atoms with van der Waals surface area (Å²) in [5, 5.41) is 3.81. The number of hydrogen-bond donors (Lipinski definition) is 1. The molecule has 2 heteroatoms. The molecule has 2 fully saturated rings. The quantitative estimate of drug-likeness (QED) is 0.723. The Balaban J connectivity index is 1.81. The molecule has 0 bridgehead atoms. The van der Waals surface area contributed by atoms with Gasteiger partial charge in [-0.05, 0) is 69.9 Å². The number of nitrogens with zero attached hydrogens (tertiary/aromatic N) is 1. The summed E-state index contributed by atoms with van der Waals surface area (Å²) in [6.45, 7) is 8.50. The molecule has 0 aromatic rings. The van der Waals surface area contributed by atoms with Gasteiger partial charge < -0.3 is 10.2 Å². The largest absolute Gasteiger partial charge is 0.314 e. The fraction of sp³-hybridized carbons (Fsp3) is 1.00. The molecule has 0 heterocycles. The monoisotopic (exact) mass is 266 g/mol. The lowest BCUT2D eigenvalue weighted by molar-refractivity contribution is 0.149. The van der Waals surface area contributed by atoms with E-state index in [1.165, 1.54) is 64.6 Å². The molecule has 0 saturated heterocycles. The van der Waals surface area contributed by atoms with Gasteiger partial charge in [0.05, 0.1) is 0 Å². The molecule has 112 valence electrons. The first-order chi connectivity index (χ1) is 9.22. The van der Waals surface area contributed by atoms with Gasteiger partial charge in [-0.1, -0.05) is 20.3 Å². The molecule has 0 radical (unpaired) electrons. The first-order valence-corrected chi connectivity index (χ1v) is 8.64. The van der Waals surface area contributed by atoms with Gasteiger partial charge in [-0.15, -0.1) is 0 Å². The highest BCUT2D eigenvalue weighted by atomic mass is 15.1. The zero-order valence-electron chi connectivity index (χ0n) is 13.3. The Kier molecular flexibility index (Phi) is 6.15. The van der Waals surface area contributed by atoms with Crippen LogP contribution in [0.3, 0.4) is 0 Å². The smallest absolute Gasteiger partial charge is 0.0108 e. The molecule has 0 aliphatic heterocycles. The van der Waals surface area contributed by atoms with Gasteiger partial charge in [-0.3, -0.25) is 0 Å². The molecule has 2 nitrogen and oxygen atoms in total. The summed E-state index contributed by atoms with van der Waals surface area (Å²) in [5.41, 5.74) is 0. The summed E-state index contributed by atoms with van der Waals surface area (Å²) in [6.07, 6.45) is 9.89. The number of nitrogens with one attached hydrogen (secondary N) is 1. The molecule has 2 saturated carbocycles. The van der Waals surface area contributed by atoms with Crippen LogP contribution in [0.4, 0.5) is 0 Å². The predicted molar refractivity (Wildman–Crippen MR) is 83.4 cm³/mol. The summed E-state index contributed by atoms with van der Waals surface area (Å²) in [7, 11) is 2.34. The highest BCUT2D eigenvalue weighted by Crippen LogP contribution is 2.33. The van der Waals surface area contributed by atoms with Crippen molar-refractivity contribution in [1.82, 2.24) is 10.2 Å². The van der Waals surface area contributed by atoms with Crippen LogP contribution >= 0.6 is 0 Å². The second-order valence-corrected chi connectivity index (χ2v) is 7.07. The summed E-state index contributed by atoms with van der Waals surface area (Å²) < 4.78 is 0. The minimum Gasteiger partial charge on any atom is -0.314 e. The third-order valence-corrected chi connectivity index (χ3v) is 5.14. The van der Waals surface area contributed by atoms with Crippen molar-refractivity contribution in [2.75, 3.05) is 26.7 Å². The first-order valence-electron chi connectivity index (χ1n) is 8.64. The van der Waals surface area contributed by atoms with E-state index in [4.69, 9.17) is 0 Å². The van der Waals surface area contributed by atoms with Crippen LogP contribution in [0.1, 0.15) is 58.8 Å². The maximum Gasteiger partial charge on any atom is 0.0108 e. The summed E-state index contributed by atoms with van der Waals surface area (Å²) in [6, 6.07) is 0.782. The SMILES string of the molecule is CCCNC1CCC(CC)CC1CN(C)CC1CC1. The van der Waals surface area contributed by atoms with Crippen molar-refractivity contribution in [3.63, 3.8) is 0 Å². The van der Waals surface area contributed by atoms with E-state index in [1.807, 2.05) is 0 Å². The molecule has 2 rings (SSSR count). The zero-order valence-corrected chi connectivity index (χ0v) is 13.3. The van der Waals surface area contributed by atoms with Gasteiger partial charge in [0.1, 0.15) is 0 Å². The van der Waals surface area contributed by atoms with Crippen molar-refractivity contribution in [3.05, 3.63) is 0 Å². The van der Waals surface area contributed by atoms with Gasteiger partial charge in [0.25, 0.3) is 0 Å². The summed E-state index contributed by atoms with van der Waals surface area (Å²) >= 11 is 0. The lowest BCUT2D eigenvalue weighted by atomic mass is 9.76. The van der Waals surface area contributed by atoms with E-state index in [2.05, 4.69) is 31.1 Å². The molecule has 3 atom stereocenters. The lowest BCUT2D eigenvalue weighted by Gasteiger charge is -2.38. The Morgan fingerprint density at radius 3 is 2.37 bits per heavy atom. The van der Waals surface area contributed by atoms with Crippen LogP contribution in [0.25, 0.3) is 0 Å². The van der Waals surface area contributed by atoms with Gasteiger partial charge in [0.2, 0.25) is 0 Å². The van der Waals surface area contributed by atoms with Crippen LogP contribution in [-0.2, 0) is 0 Å². The molecule has 0 spiro atoms. The van der Waals surface area contributed by atoms with Gasteiger partial charge in [-0.2, -0.15) is 0 Å². The molecule has 19 heavy (non-hydrogen) atoms. The Morgan fingerprint density at radius 1 is 1.00 bits per heavy atom. The highest BCUT2D eigenvalue weighted by molar-refractivity contribution is 4.87. The third-order valence-electron chi connectivity index (χ3n) is 5.14. The maximum atomic E-state index is 3.81. The van der Waals surface area contributed by atoms with Gasteiger partial charge >= 0.3 is 0 Å². The van der Waals surface area contributed by atoms with Crippen LogP contribution < -0.4 is 5.32 Å². The average Bonchev–Trinajstić information content (AvgIpc) is 3.21. The third kappa shape index (κ3) is 5.07. The van der Waals surface area contributed by atoms with Crippen molar-refractivity contribution in [3.8, 4) is 0 Å². The van der Waals surface area contributed by atoms with Crippen molar-refractivity contribution >= 4 is 0 Å². The van der Waals surface area contributed by atoms with Gasteiger partial charge in [-0.25, -0.2) is 0 Å². The summed E-state index contributed by atoms with van der Waals surface area (Å²) in [4.78, 5) is 2.61. The van der Waals surface area contributed by atoms with Crippen molar-refractivity contribution < 1.29 is 0 Å². The molecule has 2 aliphatic carbocycles. The van der Waals surface area contributed by atoms with E-state index in [0.29, 0.717) is 0 Å².